The maximum atomic E-state index is 14.0. The van der Waals surface area contributed by atoms with Gasteiger partial charge in [-0.2, -0.15) is 0 Å². The van der Waals surface area contributed by atoms with E-state index in [2.05, 4.69) is 4.98 Å². The number of aromatic nitrogens is 2. The first-order valence-corrected chi connectivity index (χ1v) is 10.2. The summed E-state index contributed by atoms with van der Waals surface area (Å²) in [5.74, 6) is 0.123. The molecule has 3 aromatic rings. The van der Waals surface area contributed by atoms with Crippen LogP contribution in [0.15, 0.2) is 52.4 Å². The molecule has 1 unspecified atom stereocenters. The third kappa shape index (κ3) is 4.03. The number of thioether (sulfide) groups is 1. The van der Waals surface area contributed by atoms with Crippen LogP contribution in [0.25, 0.3) is 10.9 Å². The molecule has 4 nitrogen and oxygen atoms in total. The molecule has 4 rings (SSSR count). The molecule has 0 radical (unpaired) electrons. The lowest BCUT2D eigenvalue weighted by Gasteiger charge is -2.16. The van der Waals surface area contributed by atoms with Gasteiger partial charge in [-0.25, -0.2) is 9.37 Å². The Hall–Kier alpha value is -1.89. The second kappa shape index (κ2) is 8.00. The van der Waals surface area contributed by atoms with Crippen LogP contribution in [0.2, 0.25) is 5.02 Å². The van der Waals surface area contributed by atoms with Crippen LogP contribution in [0.5, 0.6) is 0 Å². The maximum absolute atomic E-state index is 14.0. The van der Waals surface area contributed by atoms with E-state index in [1.54, 1.807) is 41.0 Å². The van der Waals surface area contributed by atoms with Crippen LogP contribution in [-0.4, -0.2) is 22.3 Å². The fourth-order valence-corrected chi connectivity index (χ4v) is 4.36. The summed E-state index contributed by atoms with van der Waals surface area (Å²) in [5.41, 5.74) is 1.00. The van der Waals surface area contributed by atoms with Crippen LogP contribution >= 0.6 is 23.4 Å². The number of hydrogen-bond donors (Lipinski definition) is 0. The highest BCUT2D eigenvalue weighted by atomic mass is 35.5. The number of rotatable bonds is 5. The molecular weight excluding hydrogens is 387 g/mol. The smallest absolute Gasteiger partial charge is 0.262 e. The zero-order valence-electron chi connectivity index (χ0n) is 14.5. The summed E-state index contributed by atoms with van der Waals surface area (Å²) < 4.78 is 21.3. The van der Waals surface area contributed by atoms with E-state index in [0.717, 1.165) is 12.8 Å². The van der Waals surface area contributed by atoms with E-state index in [9.17, 15) is 9.18 Å². The van der Waals surface area contributed by atoms with E-state index in [0.29, 0.717) is 45.5 Å². The van der Waals surface area contributed by atoms with Gasteiger partial charge in [0.15, 0.2) is 5.16 Å². The average Bonchev–Trinajstić information content (AvgIpc) is 3.17. The van der Waals surface area contributed by atoms with Gasteiger partial charge in [0, 0.05) is 17.4 Å². The van der Waals surface area contributed by atoms with E-state index in [4.69, 9.17) is 16.3 Å². The molecule has 2 heterocycles. The van der Waals surface area contributed by atoms with Gasteiger partial charge >= 0.3 is 0 Å². The van der Waals surface area contributed by atoms with Crippen molar-refractivity contribution in [2.45, 2.75) is 36.4 Å². The normalized spacial score (nSPS) is 16.9. The maximum Gasteiger partial charge on any atom is 0.262 e. The van der Waals surface area contributed by atoms with Crippen molar-refractivity contribution in [2.75, 3.05) is 6.61 Å². The fraction of sp³-hybridized carbons (Fsp3) is 0.300. The summed E-state index contributed by atoms with van der Waals surface area (Å²) in [6.45, 7) is 1.16. The summed E-state index contributed by atoms with van der Waals surface area (Å²) >= 11 is 7.41. The van der Waals surface area contributed by atoms with Gasteiger partial charge in [-0.05, 0) is 42.7 Å². The van der Waals surface area contributed by atoms with E-state index >= 15 is 0 Å². The molecule has 1 saturated heterocycles. The van der Waals surface area contributed by atoms with Crippen molar-refractivity contribution in [2.24, 2.45) is 0 Å². The molecule has 0 amide bonds. The molecule has 1 atom stereocenters. The molecular formula is C20H18ClFN2O2S. The Labute approximate surface area is 165 Å². The number of halogens is 2. The van der Waals surface area contributed by atoms with Gasteiger partial charge in [0.2, 0.25) is 0 Å². The van der Waals surface area contributed by atoms with E-state index < -0.39 is 0 Å². The van der Waals surface area contributed by atoms with Gasteiger partial charge < -0.3 is 4.74 Å². The molecule has 2 aromatic carbocycles. The molecule has 7 heteroatoms. The van der Waals surface area contributed by atoms with Crippen LogP contribution in [0.1, 0.15) is 18.4 Å². The van der Waals surface area contributed by atoms with Crippen molar-refractivity contribution in [3.8, 4) is 0 Å². The Balaban J connectivity index is 1.73. The molecule has 1 aliphatic rings. The van der Waals surface area contributed by atoms with E-state index in [1.165, 1.54) is 17.8 Å². The standard InChI is InChI=1S/C20H18ClFN2O2S/c21-14-7-8-16-18(10-14)23-20(27-12-13-4-1-2-6-17(13)22)24(19(16)25)11-15-5-3-9-26-15/h1-2,4,6-8,10,15H,3,5,9,11-12H2. The SMILES string of the molecule is O=c1c2ccc(Cl)cc2nc(SCc2ccccc2F)n1CC1CCCO1. The first kappa shape index (κ1) is 18.5. The Morgan fingerprint density at radius 2 is 2.15 bits per heavy atom. The first-order chi connectivity index (χ1) is 13.1. The van der Waals surface area contributed by atoms with Gasteiger partial charge in [0.05, 0.1) is 23.6 Å². The Morgan fingerprint density at radius 1 is 1.30 bits per heavy atom. The average molecular weight is 405 g/mol. The summed E-state index contributed by atoms with van der Waals surface area (Å²) in [7, 11) is 0. The summed E-state index contributed by atoms with van der Waals surface area (Å²) in [4.78, 5) is 17.7. The molecule has 0 spiro atoms. The van der Waals surface area contributed by atoms with Crippen LogP contribution in [-0.2, 0) is 17.0 Å². The minimum atomic E-state index is -0.262. The monoisotopic (exact) mass is 404 g/mol. The highest BCUT2D eigenvalue weighted by molar-refractivity contribution is 7.98. The topological polar surface area (TPSA) is 44.1 Å². The van der Waals surface area contributed by atoms with Crippen LogP contribution in [0, 0.1) is 5.82 Å². The van der Waals surface area contributed by atoms with Gasteiger partial charge in [-0.3, -0.25) is 9.36 Å². The minimum absolute atomic E-state index is 0.00191. The third-order valence-corrected chi connectivity index (χ3v) is 5.87. The lowest BCUT2D eigenvalue weighted by molar-refractivity contribution is 0.0937. The Bertz CT molecular complexity index is 1030. The third-order valence-electron chi connectivity index (χ3n) is 4.61. The second-order valence-electron chi connectivity index (χ2n) is 6.49. The predicted octanol–water partition coefficient (Wildman–Crippen LogP) is 4.66. The van der Waals surface area contributed by atoms with Gasteiger partial charge in [-0.15, -0.1) is 0 Å². The van der Waals surface area contributed by atoms with Crippen molar-refractivity contribution in [1.29, 1.82) is 0 Å². The fourth-order valence-electron chi connectivity index (χ4n) is 3.19. The number of ether oxygens (including phenoxy) is 1. The lowest BCUT2D eigenvalue weighted by atomic mass is 10.2. The molecule has 0 saturated carbocycles. The van der Waals surface area contributed by atoms with E-state index in [1.807, 2.05) is 0 Å². The number of nitrogens with zero attached hydrogens (tertiary/aromatic N) is 2. The molecule has 0 aliphatic carbocycles. The molecule has 140 valence electrons. The zero-order valence-corrected chi connectivity index (χ0v) is 16.1. The molecule has 0 N–H and O–H groups in total. The Kier molecular flexibility index (Phi) is 5.48. The highest BCUT2D eigenvalue weighted by Gasteiger charge is 2.20. The number of benzene rings is 2. The Morgan fingerprint density at radius 3 is 2.93 bits per heavy atom. The quantitative estimate of drug-likeness (QED) is 0.458. The second-order valence-corrected chi connectivity index (χ2v) is 7.87. The summed E-state index contributed by atoms with van der Waals surface area (Å²) in [6, 6.07) is 11.7. The largest absolute Gasteiger partial charge is 0.376 e. The van der Waals surface area contributed by atoms with E-state index in [-0.39, 0.29) is 17.5 Å². The lowest BCUT2D eigenvalue weighted by Crippen LogP contribution is -2.28. The molecule has 0 bridgehead atoms. The van der Waals surface area contributed by atoms with Crippen LogP contribution < -0.4 is 5.56 Å². The highest BCUT2D eigenvalue weighted by Crippen LogP contribution is 2.26. The van der Waals surface area contributed by atoms with Gasteiger partial charge in [-0.1, -0.05) is 41.6 Å². The summed E-state index contributed by atoms with van der Waals surface area (Å²) in [6.07, 6.45) is 1.91. The first-order valence-electron chi connectivity index (χ1n) is 8.80. The van der Waals surface area contributed by atoms with Crippen molar-refractivity contribution in [1.82, 2.24) is 9.55 Å². The van der Waals surface area contributed by atoms with Crippen molar-refractivity contribution in [3.63, 3.8) is 0 Å². The molecule has 1 fully saturated rings. The predicted molar refractivity (Wildman–Crippen MR) is 106 cm³/mol. The van der Waals surface area contributed by atoms with Crippen LogP contribution in [0.3, 0.4) is 0 Å². The number of hydrogen-bond acceptors (Lipinski definition) is 4. The van der Waals surface area contributed by atoms with Crippen LogP contribution in [0.4, 0.5) is 4.39 Å². The molecule has 1 aliphatic heterocycles. The van der Waals surface area contributed by atoms with Crippen molar-refractivity contribution >= 4 is 34.3 Å². The molecule has 1 aromatic heterocycles. The van der Waals surface area contributed by atoms with Crippen molar-refractivity contribution < 1.29 is 9.13 Å². The van der Waals surface area contributed by atoms with Gasteiger partial charge in [0.25, 0.3) is 5.56 Å². The minimum Gasteiger partial charge on any atom is -0.376 e. The zero-order chi connectivity index (χ0) is 18.8. The number of fused-ring (bicyclic) bond motifs is 1. The van der Waals surface area contributed by atoms with Gasteiger partial charge in [0.1, 0.15) is 5.82 Å². The van der Waals surface area contributed by atoms with Crippen molar-refractivity contribution in [3.05, 3.63) is 69.2 Å². The molecule has 27 heavy (non-hydrogen) atoms. The summed E-state index contributed by atoms with van der Waals surface area (Å²) in [5, 5.41) is 1.59.